The molecule has 1 aromatic carbocycles. The van der Waals surface area contributed by atoms with Gasteiger partial charge in [0.15, 0.2) is 0 Å². The Hall–Kier alpha value is -1.91. The maximum atomic E-state index is 10.7. The molecule has 0 aliphatic carbocycles. The minimum Gasteiger partial charge on any atom is -0.261 e. The molecule has 0 saturated heterocycles. The van der Waals surface area contributed by atoms with Crippen LogP contribution in [0.2, 0.25) is 0 Å². The van der Waals surface area contributed by atoms with Crippen LogP contribution in [-0.2, 0) is 7.05 Å². The van der Waals surface area contributed by atoms with Crippen LogP contribution in [0.4, 0.5) is 5.69 Å². The van der Waals surface area contributed by atoms with Crippen LogP contribution in [0.5, 0.6) is 0 Å². The number of nitro benzene ring substituents is 1. The Morgan fingerprint density at radius 2 is 2.21 bits per heavy atom. The first-order valence-electron chi connectivity index (χ1n) is 4.18. The van der Waals surface area contributed by atoms with Gasteiger partial charge in [-0.1, -0.05) is 12.1 Å². The lowest BCUT2D eigenvalue weighted by Gasteiger charge is -1.95. The van der Waals surface area contributed by atoms with Crippen molar-refractivity contribution < 1.29 is 4.92 Å². The maximum Gasteiger partial charge on any atom is 0.295 e. The smallest absolute Gasteiger partial charge is 0.261 e. The van der Waals surface area contributed by atoms with Gasteiger partial charge in [-0.05, 0) is 6.92 Å². The van der Waals surface area contributed by atoms with Crippen LogP contribution in [0.25, 0.3) is 10.9 Å². The van der Waals surface area contributed by atoms with Gasteiger partial charge < -0.3 is 0 Å². The minimum absolute atomic E-state index is 0.102. The fourth-order valence-corrected chi connectivity index (χ4v) is 1.64. The zero-order valence-corrected chi connectivity index (χ0v) is 7.89. The van der Waals surface area contributed by atoms with Crippen molar-refractivity contribution in [2.75, 3.05) is 0 Å². The van der Waals surface area contributed by atoms with Gasteiger partial charge in [0.2, 0.25) is 0 Å². The molecule has 0 aliphatic rings. The van der Waals surface area contributed by atoms with Gasteiger partial charge in [-0.3, -0.25) is 14.8 Å². The predicted octanol–water partition coefficient (Wildman–Crippen LogP) is 1.79. The van der Waals surface area contributed by atoms with Gasteiger partial charge in [-0.2, -0.15) is 5.10 Å². The Morgan fingerprint density at radius 3 is 2.86 bits per heavy atom. The van der Waals surface area contributed by atoms with Gasteiger partial charge in [0, 0.05) is 18.5 Å². The molecule has 72 valence electrons. The van der Waals surface area contributed by atoms with Crippen LogP contribution in [0.1, 0.15) is 5.69 Å². The molecule has 0 saturated carbocycles. The van der Waals surface area contributed by atoms with E-state index in [0.29, 0.717) is 5.52 Å². The molecule has 0 N–H and O–H groups in total. The number of para-hydroxylation sites is 1. The van der Waals surface area contributed by atoms with Crippen LogP contribution >= 0.6 is 0 Å². The number of hydrogen-bond donors (Lipinski definition) is 0. The highest BCUT2D eigenvalue weighted by atomic mass is 16.6. The van der Waals surface area contributed by atoms with E-state index in [1.54, 1.807) is 17.8 Å². The van der Waals surface area contributed by atoms with E-state index in [9.17, 15) is 10.1 Å². The second-order valence-corrected chi connectivity index (χ2v) is 3.14. The first-order valence-corrected chi connectivity index (χ1v) is 4.18. The second-order valence-electron chi connectivity index (χ2n) is 3.14. The van der Waals surface area contributed by atoms with Crippen molar-refractivity contribution in [3.63, 3.8) is 0 Å². The number of nitro groups is 1. The van der Waals surface area contributed by atoms with Crippen LogP contribution in [0, 0.1) is 17.0 Å². The highest BCUT2D eigenvalue weighted by Gasteiger charge is 2.16. The van der Waals surface area contributed by atoms with Crippen molar-refractivity contribution >= 4 is 16.6 Å². The third kappa shape index (κ3) is 1.06. The monoisotopic (exact) mass is 191 g/mol. The molecule has 2 rings (SSSR count). The van der Waals surface area contributed by atoms with Crippen molar-refractivity contribution in [3.05, 3.63) is 34.0 Å². The number of aromatic nitrogens is 2. The SMILES string of the molecule is Cc1nn(C)c2c([N+](=O)[O-])cccc12. The first kappa shape index (κ1) is 8.68. The third-order valence-corrected chi connectivity index (χ3v) is 2.22. The van der Waals surface area contributed by atoms with Gasteiger partial charge in [0.05, 0.1) is 10.6 Å². The lowest BCUT2D eigenvalue weighted by Crippen LogP contribution is -1.95. The summed E-state index contributed by atoms with van der Waals surface area (Å²) in [6.07, 6.45) is 0. The molecule has 1 heterocycles. The van der Waals surface area contributed by atoms with E-state index >= 15 is 0 Å². The van der Waals surface area contributed by atoms with E-state index in [-0.39, 0.29) is 10.6 Å². The van der Waals surface area contributed by atoms with Gasteiger partial charge in [-0.25, -0.2) is 0 Å². The zero-order valence-electron chi connectivity index (χ0n) is 7.89. The molecule has 2 aromatic rings. The van der Waals surface area contributed by atoms with Crippen LogP contribution in [0.15, 0.2) is 18.2 Å². The summed E-state index contributed by atoms with van der Waals surface area (Å²) >= 11 is 0. The van der Waals surface area contributed by atoms with Crippen LogP contribution in [-0.4, -0.2) is 14.7 Å². The third-order valence-electron chi connectivity index (χ3n) is 2.22. The van der Waals surface area contributed by atoms with Crippen molar-refractivity contribution in [1.82, 2.24) is 9.78 Å². The molecular formula is C9H9N3O2. The van der Waals surface area contributed by atoms with E-state index in [1.807, 2.05) is 13.0 Å². The van der Waals surface area contributed by atoms with E-state index in [4.69, 9.17) is 0 Å². The summed E-state index contributed by atoms with van der Waals surface area (Å²) in [5, 5.41) is 15.7. The zero-order chi connectivity index (χ0) is 10.3. The molecule has 1 aromatic heterocycles. The molecule has 0 aliphatic heterocycles. The van der Waals surface area contributed by atoms with Crippen molar-refractivity contribution in [2.24, 2.45) is 7.05 Å². The fraction of sp³-hybridized carbons (Fsp3) is 0.222. The lowest BCUT2D eigenvalue weighted by molar-refractivity contribution is -0.383. The molecule has 0 fully saturated rings. The number of fused-ring (bicyclic) bond motifs is 1. The maximum absolute atomic E-state index is 10.7. The number of nitrogens with zero attached hydrogens (tertiary/aromatic N) is 3. The summed E-state index contributed by atoms with van der Waals surface area (Å²) in [6, 6.07) is 5.00. The van der Waals surface area contributed by atoms with Crippen molar-refractivity contribution in [3.8, 4) is 0 Å². The van der Waals surface area contributed by atoms with Crippen LogP contribution < -0.4 is 0 Å². The normalized spacial score (nSPS) is 10.7. The number of aryl methyl sites for hydroxylation is 2. The molecule has 0 amide bonds. The molecule has 0 spiro atoms. The standard InChI is InChI=1S/C9H9N3O2/c1-6-7-4-3-5-8(12(13)14)9(7)11(2)10-6/h3-5H,1-2H3. The van der Waals surface area contributed by atoms with Gasteiger partial charge in [0.25, 0.3) is 5.69 Å². The number of hydrogen-bond acceptors (Lipinski definition) is 3. The average Bonchev–Trinajstić information content (AvgIpc) is 2.43. The van der Waals surface area contributed by atoms with Gasteiger partial charge >= 0.3 is 0 Å². The average molecular weight is 191 g/mol. The Bertz CT molecular complexity index is 516. The van der Waals surface area contributed by atoms with Crippen LogP contribution in [0.3, 0.4) is 0 Å². The van der Waals surface area contributed by atoms with Gasteiger partial charge in [-0.15, -0.1) is 0 Å². The van der Waals surface area contributed by atoms with E-state index < -0.39 is 0 Å². The Labute approximate surface area is 80.1 Å². The first-order chi connectivity index (χ1) is 6.61. The van der Waals surface area contributed by atoms with Crippen molar-refractivity contribution in [2.45, 2.75) is 6.92 Å². The van der Waals surface area contributed by atoms with E-state index in [2.05, 4.69) is 5.10 Å². The topological polar surface area (TPSA) is 61.0 Å². The lowest BCUT2D eigenvalue weighted by atomic mass is 10.2. The highest BCUT2D eigenvalue weighted by Crippen LogP contribution is 2.26. The number of benzene rings is 1. The number of non-ortho nitro benzene ring substituents is 1. The second kappa shape index (κ2) is 2.80. The summed E-state index contributed by atoms with van der Waals surface area (Å²) in [4.78, 5) is 10.4. The molecule has 5 heteroatoms. The highest BCUT2D eigenvalue weighted by molar-refractivity contribution is 5.89. The largest absolute Gasteiger partial charge is 0.295 e. The molecular weight excluding hydrogens is 182 g/mol. The summed E-state index contributed by atoms with van der Waals surface area (Å²) in [5.41, 5.74) is 1.49. The fourth-order valence-electron chi connectivity index (χ4n) is 1.64. The summed E-state index contributed by atoms with van der Waals surface area (Å²) in [6.45, 7) is 1.84. The molecule has 14 heavy (non-hydrogen) atoms. The van der Waals surface area contributed by atoms with E-state index in [1.165, 1.54) is 6.07 Å². The molecule has 0 unspecified atom stereocenters. The molecule has 0 atom stereocenters. The minimum atomic E-state index is -0.385. The van der Waals surface area contributed by atoms with Crippen molar-refractivity contribution in [1.29, 1.82) is 0 Å². The quantitative estimate of drug-likeness (QED) is 0.510. The summed E-state index contributed by atoms with van der Waals surface area (Å²) in [7, 11) is 1.71. The molecule has 0 radical (unpaired) electrons. The Kier molecular flexibility index (Phi) is 1.73. The summed E-state index contributed by atoms with van der Waals surface area (Å²) < 4.78 is 1.54. The Balaban J connectivity index is 2.92. The predicted molar refractivity (Wildman–Crippen MR) is 52.1 cm³/mol. The molecule has 5 nitrogen and oxygen atoms in total. The molecule has 0 bridgehead atoms. The number of rotatable bonds is 1. The van der Waals surface area contributed by atoms with E-state index in [0.717, 1.165) is 11.1 Å². The summed E-state index contributed by atoms with van der Waals surface area (Å²) in [5.74, 6) is 0. The van der Waals surface area contributed by atoms with Gasteiger partial charge in [0.1, 0.15) is 5.52 Å². The Morgan fingerprint density at radius 1 is 1.50 bits per heavy atom.